The van der Waals surface area contributed by atoms with Crippen molar-refractivity contribution in [3.8, 4) is 6.07 Å². The van der Waals surface area contributed by atoms with Crippen molar-refractivity contribution in [2.24, 2.45) is 5.41 Å². The highest BCUT2D eigenvalue weighted by molar-refractivity contribution is 7.91. The van der Waals surface area contributed by atoms with Gasteiger partial charge in [-0.05, 0) is 24.5 Å². The topological polar surface area (TPSA) is 57.9 Å². The highest BCUT2D eigenvalue weighted by Gasteiger charge is 2.43. The maximum atomic E-state index is 12.6. The lowest BCUT2D eigenvalue weighted by Crippen LogP contribution is -2.23. The van der Waals surface area contributed by atoms with E-state index in [0.29, 0.717) is 5.56 Å². The van der Waals surface area contributed by atoms with E-state index >= 15 is 0 Å². The van der Waals surface area contributed by atoms with Gasteiger partial charge < -0.3 is 0 Å². The van der Waals surface area contributed by atoms with Gasteiger partial charge in [0.25, 0.3) is 0 Å². The Labute approximate surface area is 114 Å². The Kier molecular flexibility index (Phi) is 3.54. The molecule has 1 aliphatic rings. The summed E-state index contributed by atoms with van der Waals surface area (Å²) in [5.41, 5.74) is -1.56. The summed E-state index contributed by atoms with van der Waals surface area (Å²) in [6.07, 6.45) is -4.26. The van der Waals surface area contributed by atoms with E-state index in [-0.39, 0.29) is 24.3 Å². The van der Waals surface area contributed by atoms with Crippen molar-refractivity contribution in [3.05, 3.63) is 35.4 Å². The van der Waals surface area contributed by atoms with Gasteiger partial charge in [-0.1, -0.05) is 18.2 Å². The maximum absolute atomic E-state index is 12.6. The molecule has 0 aliphatic carbocycles. The third-order valence-corrected chi connectivity index (χ3v) is 5.24. The van der Waals surface area contributed by atoms with Crippen LogP contribution in [0.1, 0.15) is 17.5 Å². The summed E-state index contributed by atoms with van der Waals surface area (Å²) in [6, 6.07) is 6.66. The molecule has 1 saturated heterocycles. The predicted octanol–water partition coefficient (Wildman–Crippen LogP) is 2.58. The highest BCUT2D eigenvalue weighted by Crippen LogP contribution is 2.36. The predicted molar refractivity (Wildman–Crippen MR) is 66.5 cm³/mol. The Hall–Kier alpha value is -1.55. The maximum Gasteiger partial charge on any atom is 0.416 e. The molecule has 0 spiro atoms. The quantitative estimate of drug-likeness (QED) is 0.843. The van der Waals surface area contributed by atoms with Crippen LogP contribution in [0.25, 0.3) is 0 Å². The van der Waals surface area contributed by atoms with Crippen LogP contribution in [-0.2, 0) is 22.4 Å². The lowest BCUT2D eigenvalue weighted by Gasteiger charge is -2.19. The smallest absolute Gasteiger partial charge is 0.229 e. The van der Waals surface area contributed by atoms with E-state index < -0.39 is 27.0 Å². The van der Waals surface area contributed by atoms with E-state index in [1.165, 1.54) is 12.1 Å². The minimum atomic E-state index is -4.45. The van der Waals surface area contributed by atoms with Gasteiger partial charge in [0.05, 0.1) is 28.6 Å². The van der Waals surface area contributed by atoms with Crippen molar-refractivity contribution < 1.29 is 21.6 Å². The van der Waals surface area contributed by atoms with Gasteiger partial charge in [-0.3, -0.25) is 0 Å². The minimum absolute atomic E-state index is 0.0205. The monoisotopic (exact) mass is 303 g/mol. The fraction of sp³-hybridized carbons (Fsp3) is 0.462. The van der Waals surface area contributed by atoms with Gasteiger partial charge in [0.15, 0.2) is 9.84 Å². The Balaban J connectivity index is 2.29. The van der Waals surface area contributed by atoms with Crippen LogP contribution in [0.2, 0.25) is 0 Å². The van der Waals surface area contributed by atoms with Crippen LogP contribution >= 0.6 is 0 Å². The van der Waals surface area contributed by atoms with E-state index in [9.17, 15) is 26.9 Å². The number of alkyl halides is 3. The van der Waals surface area contributed by atoms with Crippen molar-refractivity contribution in [2.45, 2.75) is 19.0 Å². The lowest BCUT2D eigenvalue weighted by molar-refractivity contribution is -0.137. The normalized spacial score (nSPS) is 25.3. The zero-order valence-electron chi connectivity index (χ0n) is 10.4. The Morgan fingerprint density at radius 1 is 1.35 bits per heavy atom. The Morgan fingerprint density at radius 3 is 2.55 bits per heavy atom. The Bertz CT molecular complexity index is 661. The molecule has 108 valence electrons. The molecule has 1 fully saturated rings. The molecule has 0 aromatic heterocycles. The van der Waals surface area contributed by atoms with E-state index in [1.807, 2.05) is 6.07 Å². The number of nitriles is 1. The summed E-state index contributed by atoms with van der Waals surface area (Å²) in [7, 11) is -3.27. The van der Waals surface area contributed by atoms with Crippen molar-refractivity contribution in [3.63, 3.8) is 0 Å². The highest BCUT2D eigenvalue weighted by atomic mass is 32.2. The zero-order valence-corrected chi connectivity index (χ0v) is 11.3. The Morgan fingerprint density at radius 2 is 2.05 bits per heavy atom. The van der Waals surface area contributed by atoms with Crippen LogP contribution in [0, 0.1) is 16.7 Å². The van der Waals surface area contributed by atoms with E-state index in [2.05, 4.69) is 0 Å². The second-order valence-corrected chi connectivity index (χ2v) is 7.29. The average molecular weight is 303 g/mol. The molecule has 1 aromatic rings. The molecule has 1 aliphatic heterocycles. The summed E-state index contributed by atoms with van der Waals surface area (Å²) in [5.74, 6) is -0.369. The molecule has 0 saturated carbocycles. The van der Waals surface area contributed by atoms with E-state index in [4.69, 9.17) is 0 Å². The van der Waals surface area contributed by atoms with Crippen LogP contribution in [-0.4, -0.2) is 19.9 Å². The molecule has 3 nitrogen and oxygen atoms in total. The molecule has 0 amide bonds. The minimum Gasteiger partial charge on any atom is -0.229 e. The molecule has 20 heavy (non-hydrogen) atoms. The first-order valence-corrected chi connectivity index (χ1v) is 7.76. The molecule has 1 heterocycles. The third-order valence-electron chi connectivity index (χ3n) is 3.42. The second kappa shape index (κ2) is 4.77. The van der Waals surface area contributed by atoms with Crippen molar-refractivity contribution in [1.82, 2.24) is 0 Å². The molecule has 7 heteroatoms. The summed E-state index contributed by atoms with van der Waals surface area (Å²) >= 11 is 0. The first-order chi connectivity index (χ1) is 9.16. The number of benzene rings is 1. The van der Waals surface area contributed by atoms with Gasteiger partial charge in [-0.15, -0.1) is 0 Å². The summed E-state index contributed by atoms with van der Waals surface area (Å²) in [6.45, 7) is 0. The number of halogens is 3. The first kappa shape index (κ1) is 14.9. The number of sulfone groups is 1. The van der Waals surface area contributed by atoms with Gasteiger partial charge >= 0.3 is 6.18 Å². The van der Waals surface area contributed by atoms with Gasteiger partial charge in [-0.2, -0.15) is 18.4 Å². The fourth-order valence-corrected chi connectivity index (χ4v) is 4.43. The van der Waals surface area contributed by atoms with Crippen LogP contribution in [0.15, 0.2) is 24.3 Å². The molecule has 0 radical (unpaired) electrons. The lowest BCUT2D eigenvalue weighted by atomic mass is 9.82. The first-order valence-electron chi connectivity index (χ1n) is 5.94. The van der Waals surface area contributed by atoms with Crippen LogP contribution in [0.4, 0.5) is 13.2 Å². The number of rotatable bonds is 2. The molecule has 1 unspecified atom stereocenters. The molecular weight excluding hydrogens is 291 g/mol. The molecule has 1 aromatic carbocycles. The van der Waals surface area contributed by atoms with Gasteiger partial charge in [0.1, 0.15) is 0 Å². The van der Waals surface area contributed by atoms with Gasteiger partial charge in [0.2, 0.25) is 0 Å². The number of nitrogens with zero attached hydrogens (tertiary/aromatic N) is 1. The number of hydrogen-bond donors (Lipinski definition) is 0. The summed E-state index contributed by atoms with van der Waals surface area (Å²) in [5, 5.41) is 9.20. The molecule has 0 bridgehead atoms. The molecule has 0 N–H and O–H groups in total. The van der Waals surface area contributed by atoms with Crippen LogP contribution < -0.4 is 0 Å². The van der Waals surface area contributed by atoms with Gasteiger partial charge in [0, 0.05) is 0 Å². The second-order valence-electron chi connectivity index (χ2n) is 5.11. The van der Waals surface area contributed by atoms with Crippen molar-refractivity contribution in [1.29, 1.82) is 5.26 Å². The van der Waals surface area contributed by atoms with E-state index in [0.717, 1.165) is 12.1 Å². The van der Waals surface area contributed by atoms with Crippen molar-refractivity contribution in [2.75, 3.05) is 11.5 Å². The molecule has 2 rings (SSSR count). The summed E-state index contributed by atoms with van der Waals surface area (Å²) < 4.78 is 60.8. The van der Waals surface area contributed by atoms with Crippen LogP contribution in [0.5, 0.6) is 0 Å². The largest absolute Gasteiger partial charge is 0.416 e. The molecule has 1 atom stereocenters. The third kappa shape index (κ3) is 3.12. The standard InChI is InChI=1S/C13H12F3NO2S/c14-13(15,16)11-3-1-2-10(6-11)7-12(8-17)4-5-20(18,19)9-12/h1-3,6H,4-5,7,9H2. The zero-order chi connectivity index (χ0) is 15.0. The van der Waals surface area contributed by atoms with Crippen LogP contribution in [0.3, 0.4) is 0 Å². The average Bonchev–Trinajstić information content (AvgIpc) is 2.65. The van der Waals surface area contributed by atoms with E-state index in [1.54, 1.807) is 0 Å². The fourth-order valence-electron chi connectivity index (χ4n) is 2.43. The number of hydrogen-bond acceptors (Lipinski definition) is 3. The molecular formula is C13H12F3NO2S. The summed E-state index contributed by atoms with van der Waals surface area (Å²) in [4.78, 5) is 0. The SMILES string of the molecule is N#CC1(Cc2cccc(C(F)(F)F)c2)CCS(=O)(=O)C1. The van der Waals surface area contributed by atoms with Crippen molar-refractivity contribution >= 4 is 9.84 Å². The van der Waals surface area contributed by atoms with Gasteiger partial charge in [-0.25, -0.2) is 8.42 Å².